The van der Waals surface area contributed by atoms with Crippen LogP contribution in [0.4, 0.5) is 11.4 Å². The smallest absolute Gasteiger partial charge is 0.326 e. The van der Waals surface area contributed by atoms with Crippen molar-refractivity contribution < 1.29 is 14.8 Å². The monoisotopic (exact) mass is 261 g/mol. The lowest BCUT2D eigenvalue weighted by molar-refractivity contribution is -0.384. The first-order valence-corrected chi connectivity index (χ1v) is 5.29. The molecule has 98 valence electrons. The number of hydrogen-bond donors (Lipinski definition) is 2. The summed E-state index contributed by atoms with van der Waals surface area (Å²) in [7, 11) is 0. The minimum absolute atomic E-state index is 0.00157. The molecule has 7 heteroatoms. The molecule has 7 nitrogen and oxygen atoms in total. The number of nitrogens with one attached hydrogen (secondary N) is 1. The zero-order valence-electron chi connectivity index (χ0n) is 9.87. The third-order valence-electron chi connectivity index (χ3n) is 2.37. The number of hydrogen-bond acceptors (Lipinski definition) is 5. The van der Waals surface area contributed by atoms with Crippen LogP contribution in [-0.2, 0) is 4.79 Å². The van der Waals surface area contributed by atoms with Crippen molar-refractivity contribution in [1.29, 1.82) is 5.26 Å². The molecule has 1 aromatic rings. The van der Waals surface area contributed by atoms with E-state index in [1.165, 1.54) is 24.3 Å². The topological polar surface area (TPSA) is 116 Å². The van der Waals surface area contributed by atoms with Crippen LogP contribution in [0.1, 0.15) is 12.0 Å². The van der Waals surface area contributed by atoms with Gasteiger partial charge < -0.3 is 10.4 Å². The highest BCUT2D eigenvalue weighted by Crippen LogP contribution is 2.28. The quantitative estimate of drug-likeness (QED) is 0.459. The average molecular weight is 261 g/mol. The van der Waals surface area contributed by atoms with Gasteiger partial charge >= 0.3 is 11.7 Å². The maximum atomic E-state index is 11.0. The SMILES string of the molecule is C=CCC(Nc1cccc(C#N)c1[N+](=O)[O-])C(=O)O. The first kappa shape index (κ1) is 14.2. The molecule has 0 fully saturated rings. The van der Waals surface area contributed by atoms with Crippen LogP contribution in [0.3, 0.4) is 0 Å². The van der Waals surface area contributed by atoms with Crippen molar-refractivity contribution >= 4 is 17.3 Å². The number of carboxylic acids is 1. The van der Waals surface area contributed by atoms with Gasteiger partial charge in [-0.3, -0.25) is 10.1 Å². The molecule has 0 radical (unpaired) electrons. The van der Waals surface area contributed by atoms with Gasteiger partial charge in [-0.15, -0.1) is 6.58 Å². The minimum atomic E-state index is -1.16. The van der Waals surface area contributed by atoms with Gasteiger partial charge in [-0.05, 0) is 18.6 Å². The molecule has 0 spiro atoms. The lowest BCUT2D eigenvalue weighted by atomic mass is 10.1. The van der Waals surface area contributed by atoms with Crippen LogP contribution in [0.2, 0.25) is 0 Å². The number of nitriles is 1. The Morgan fingerprint density at radius 3 is 2.84 bits per heavy atom. The zero-order valence-corrected chi connectivity index (χ0v) is 9.87. The minimum Gasteiger partial charge on any atom is -0.480 e. The van der Waals surface area contributed by atoms with E-state index in [4.69, 9.17) is 10.4 Å². The average Bonchev–Trinajstić information content (AvgIpc) is 2.37. The third-order valence-corrected chi connectivity index (χ3v) is 2.37. The maximum Gasteiger partial charge on any atom is 0.326 e. The van der Waals surface area contributed by atoms with Crippen molar-refractivity contribution in [2.75, 3.05) is 5.32 Å². The Labute approximate surface area is 108 Å². The first-order chi connectivity index (χ1) is 9.01. The molecule has 1 atom stereocenters. The summed E-state index contributed by atoms with van der Waals surface area (Å²) in [5.74, 6) is -1.16. The first-order valence-electron chi connectivity index (χ1n) is 5.29. The number of carbonyl (C=O) groups is 1. The van der Waals surface area contributed by atoms with Crippen LogP contribution >= 0.6 is 0 Å². The second kappa shape index (κ2) is 6.16. The van der Waals surface area contributed by atoms with Gasteiger partial charge in [0.15, 0.2) is 0 Å². The number of anilines is 1. The van der Waals surface area contributed by atoms with Gasteiger partial charge in [0.25, 0.3) is 0 Å². The van der Waals surface area contributed by atoms with Crippen molar-refractivity contribution in [2.24, 2.45) is 0 Å². The molecular weight excluding hydrogens is 250 g/mol. The van der Waals surface area contributed by atoms with E-state index in [0.717, 1.165) is 0 Å². The standard InChI is InChI=1S/C12H11N3O4/c1-2-4-10(12(16)17)14-9-6-3-5-8(7-13)11(9)15(18)19/h2-3,5-6,10,14H,1,4H2,(H,16,17). The molecule has 0 heterocycles. The number of nitro groups is 1. The summed E-state index contributed by atoms with van der Waals surface area (Å²) >= 11 is 0. The Balaban J connectivity index is 3.20. The largest absolute Gasteiger partial charge is 0.480 e. The molecule has 2 N–H and O–H groups in total. The highest BCUT2D eigenvalue weighted by Gasteiger charge is 2.23. The van der Waals surface area contributed by atoms with Gasteiger partial charge in [0.05, 0.1) is 4.92 Å². The molecule has 1 unspecified atom stereocenters. The van der Waals surface area contributed by atoms with Crippen molar-refractivity contribution in [3.8, 4) is 6.07 Å². The number of carboxylic acid groups (broad SMARTS) is 1. The summed E-state index contributed by atoms with van der Waals surface area (Å²) < 4.78 is 0. The Kier molecular flexibility index (Phi) is 4.60. The van der Waals surface area contributed by atoms with E-state index in [1.54, 1.807) is 6.07 Å². The molecule has 19 heavy (non-hydrogen) atoms. The van der Waals surface area contributed by atoms with Crippen LogP contribution in [-0.4, -0.2) is 22.0 Å². The van der Waals surface area contributed by atoms with Crippen LogP contribution in [0, 0.1) is 21.4 Å². The molecule has 0 aliphatic heterocycles. The molecule has 0 aromatic heterocycles. The summed E-state index contributed by atoms with van der Waals surface area (Å²) in [5, 5.41) is 31.3. The fraction of sp³-hybridized carbons (Fsp3) is 0.167. The summed E-state index contributed by atoms with van der Waals surface area (Å²) in [6, 6.07) is 4.77. The molecule has 0 saturated carbocycles. The number of rotatable bonds is 6. The summed E-state index contributed by atoms with van der Waals surface area (Å²) in [6.07, 6.45) is 1.50. The Morgan fingerprint density at radius 1 is 1.68 bits per heavy atom. The Morgan fingerprint density at radius 2 is 2.37 bits per heavy atom. The highest BCUT2D eigenvalue weighted by atomic mass is 16.6. The predicted octanol–water partition coefficient (Wildman–Crippen LogP) is 1.91. The zero-order chi connectivity index (χ0) is 14.4. The van der Waals surface area contributed by atoms with Crippen molar-refractivity contribution in [3.05, 3.63) is 46.5 Å². The van der Waals surface area contributed by atoms with E-state index >= 15 is 0 Å². The Bertz CT molecular complexity index is 563. The molecule has 0 amide bonds. The van der Waals surface area contributed by atoms with Crippen molar-refractivity contribution in [1.82, 2.24) is 0 Å². The molecule has 0 aliphatic rings. The van der Waals surface area contributed by atoms with Gasteiger partial charge in [0.2, 0.25) is 0 Å². The second-order valence-electron chi connectivity index (χ2n) is 3.63. The van der Waals surface area contributed by atoms with E-state index in [2.05, 4.69) is 11.9 Å². The highest BCUT2D eigenvalue weighted by molar-refractivity contribution is 5.80. The molecular formula is C12H11N3O4. The molecule has 1 rings (SSSR count). The van der Waals surface area contributed by atoms with Gasteiger partial charge in [-0.25, -0.2) is 4.79 Å². The van der Waals surface area contributed by atoms with Gasteiger partial charge in [-0.1, -0.05) is 12.1 Å². The normalized spacial score (nSPS) is 11.1. The lowest BCUT2D eigenvalue weighted by Gasteiger charge is -2.14. The molecule has 0 aliphatic carbocycles. The van der Waals surface area contributed by atoms with Gasteiger partial charge in [0, 0.05) is 0 Å². The van der Waals surface area contributed by atoms with Gasteiger partial charge in [0.1, 0.15) is 23.4 Å². The number of aliphatic carboxylic acids is 1. The molecule has 0 bridgehead atoms. The van der Waals surface area contributed by atoms with Gasteiger partial charge in [-0.2, -0.15) is 5.26 Å². The van der Waals surface area contributed by atoms with Crippen LogP contribution < -0.4 is 5.32 Å². The Hall–Kier alpha value is -2.88. The molecule has 0 saturated heterocycles. The lowest BCUT2D eigenvalue weighted by Crippen LogP contribution is -2.28. The van der Waals surface area contributed by atoms with Crippen molar-refractivity contribution in [2.45, 2.75) is 12.5 Å². The van der Waals surface area contributed by atoms with Crippen LogP contribution in [0.15, 0.2) is 30.9 Å². The van der Waals surface area contributed by atoms with E-state index in [1.807, 2.05) is 0 Å². The maximum absolute atomic E-state index is 11.0. The van der Waals surface area contributed by atoms with E-state index < -0.39 is 22.6 Å². The number of nitro benzene ring substituents is 1. The summed E-state index contributed by atoms with van der Waals surface area (Å²) in [6.45, 7) is 3.43. The summed E-state index contributed by atoms with van der Waals surface area (Å²) in [5.41, 5.74) is -0.559. The fourth-order valence-electron chi connectivity index (χ4n) is 1.52. The van der Waals surface area contributed by atoms with Crippen LogP contribution in [0.5, 0.6) is 0 Å². The predicted molar refractivity (Wildman–Crippen MR) is 67.7 cm³/mol. The fourth-order valence-corrected chi connectivity index (χ4v) is 1.52. The van der Waals surface area contributed by atoms with Crippen LogP contribution in [0.25, 0.3) is 0 Å². The number of nitrogens with zero attached hydrogens (tertiary/aromatic N) is 2. The van der Waals surface area contributed by atoms with E-state index in [9.17, 15) is 14.9 Å². The molecule has 1 aromatic carbocycles. The van der Waals surface area contributed by atoms with E-state index in [-0.39, 0.29) is 17.7 Å². The summed E-state index contributed by atoms with van der Waals surface area (Å²) in [4.78, 5) is 21.2. The van der Waals surface area contributed by atoms with E-state index in [0.29, 0.717) is 0 Å². The number of para-hydroxylation sites is 1. The number of benzene rings is 1. The van der Waals surface area contributed by atoms with Crippen molar-refractivity contribution in [3.63, 3.8) is 0 Å². The third kappa shape index (κ3) is 3.29. The second-order valence-corrected chi connectivity index (χ2v) is 3.63.